The lowest BCUT2D eigenvalue weighted by atomic mass is 10.3. The van der Waals surface area contributed by atoms with Gasteiger partial charge in [-0.1, -0.05) is 46.8 Å². The lowest BCUT2D eigenvalue weighted by Crippen LogP contribution is -1.66. The molecular formula is C13H27NS. The van der Waals surface area contributed by atoms with Crippen molar-refractivity contribution >= 4 is 11.3 Å². The van der Waals surface area contributed by atoms with Gasteiger partial charge < -0.3 is 0 Å². The molecule has 0 N–H and O–H groups in total. The average Bonchev–Trinajstić information content (AvgIpc) is 2.78. The zero-order valence-electron chi connectivity index (χ0n) is 11.3. The van der Waals surface area contributed by atoms with E-state index in [1.54, 1.807) is 23.0 Å². The zero-order valence-corrected chi connectivity index (χ0v) is 12.1. The third kappa shape index (κ3) is 59.9. The molecule has 0 radical (unpaired) electrons. The third-order valence-electron chi connectivity index (χ3n) is 0.681. The van der Waals surface area contributed by atoms with Crippen LogP contribution < -0.4 is 0 Å². The van der Waals surface area contributed by atoms with Gasteiger partial charge in [-0.15, -0.1) is 11.3 Å². The molecule has 15 heavy (non-hydrogen) atoms. The third-order valence-corrected chi connectivity index (χ3v) is 1.20. The molecule has 1 rings (SSSR count). The first-order valence-corrected chi connectivity index (χ1v) is 6.48. The molecule has 1 aromatic rings. The summed E-state index contributed by atoms with van der Waals surface area (Å²) in [6.07, 6.45) is 5.77. The van der Waals surface area contributed by atoms with Gasteiger partial charge in [-0.2, -0.15) is 0 Å². The highest BCUT2D eigenvalue weighted by molar-refractivity contribution is 7.07. The summed E-state index contributed by atoms with van der Waals surface area (Å²) in [5, 5.41) is 1.93. The van der Waals surface area contributed by atoms with E-state index >= 15 is 0 Å². The van der Waals surface area contributed by atoms with E-state index < -0.39 is 0 Å². The van der Waals surface area contributed by atoms with Crippen LogP contribution in [0.3, 0.4) is 0 Å². The van der Waals surface area contributed by atoms with Crippen LogP contribution in [0.1, 0.15) is 48.5 Å². The summed E-state index contributed by atoms with van der Waals surface area (Å²) in [4.78, 5) is 3.74. The molecule has 0 aliphatic rings. The first kappa shape index (κ1) is 19.9. The average molecular weight is 229 g/mol. The van der Waals surface area contributed by atoms with E-state index in [1.807, 2.05) is 45.2 Å². The number of aromatic nitrogens is 1. The number of nitrogens with zero attached hydrogens (tertiary/aromatic N) is 1. The largest absolute Gasteiger partial charge is 0.253 e. The summed E-state index contributed by atoms with van der Waals surface area (Å²) in [5.74, 6) is 0.833. The van der Waals surface area contributed by atoms with Gasteiger partial charge >= 0.3 is 0 Å². The minimum absolute atomic E-state index is 0.833. The lowest BCUT2D eigenvalue weighted by molar-refractivity contribution is 0.737. The van der Waals surface area contributed by atoms with E-state index in [4.69, 9.17) is 0 Å². The minimum atomic E-state index is 0.833. The molecule has 1 heterocycles. The van der Waals surface area contributed by atoms with Gasteiger partial charge in [-0.25, -0.2) is 0 Å². The Bertz CT molecular complexity index is 143. The molecule has 0 aliphatic heterocycles. The Balaban J connectivity index is -0.000000135. The minimum Gasteiger partial charge on any atom is -0.253 e. The van der Waals surface area contributed by atoms with Crippen molar-refractivity contribution in [3.05, 3.63) is 29.2 Å². The second-order valence-electron chi connectivity index (χ2n) is 3.07. The molecule has 0 spiro atoms. The van der Waals surface area contributed by atoms with E-state index in [2.05, 4.69) is 25.8 Å². The van der Waals surface area contributed by atoms with Crippen LogP contribution >= 0.6 is 11.3 Å². The van der Waals surface area contributed by atoms with Crippen molar-refractivity contribution in [1.29, 1.82) is 0 Å². The Morgan fingerprint density at radius 1 is 1.07 bits per heavy atom. The quantitative estimate of drug-likeness (QED) is 0.542. The molecule has 1 aromatic heterocycles. The van der Waals surface area contributed by atoms with Gasteiger partial charge in [-0.3, -0.25) is 4.98 Å². The number of allylic oxidation sites excluding steroid dienone is 2. The fourth-order valence-corrected chi connectivity index (χ4v) is 0.527. The number of thiazole rings is 1. The van der Waals surface area contributed by atoms with Gasteiger partial charge in [0.2, 0.25) is 0 Å². The predicted molar refractivity (Wildman–Crippen MR) is 74.5 cm³/mol. The molecule has 90 valence electrons. The van der Waals surface area contributed by atoms with E-state index in [0.717, 1.165) is 5.92 Å². The van der Waals surface area contributed by atoms with Gasteiger partial charge in [0.05, 0.1) is 5.51 Å². The van der Waals surface area contributed by atoms with Crippen LogP contribution in [0.5, 0.6) is 0 Å². The van der Waals surface area contributed by atoms with E-state index in [0.29, 0.717) is 0 Å². The maximum Gasteiger partial charge on any atom is 0.0791 e. The zero-order chi connectivity index (χ0) is 12.5. The molecule has 0 atom stereocenters. The number of rotatable bonds is 0. The molecular weight excluding hydrogens is 202 g/mol. The fourth-order valence-electron chi connectivity index (χ4n) is 0.176. The van der Waals surface area contributed by atoms with E-state index in [1.165, 1.54) is 0 Å². The molecule has 0 aliphatic carbocycles. The Morgan fingerprint density at radius 3 is 1.53 bits per heavy atom. The van der Waals surface area contributed by atoms with Crippen molar-refractivity contribution < 1.29 is 0 Å². The highest BCUT2D eigenvalue weighted by atomic mass is 32.1. The van der Waals surface area contributed by atoms with Gasteiger partial charge in [-0.05, 0) is 19.8 Å². The lowest BCUT2D eigenvalue weighted by Gasteiger charge is -1.79. The van der Waals surface area contributed by atoms with Crippen molar-refractivity contribution in [2.45, 2.75) is 48.5 Å². The van der Waals surface area contributed by atoms with Crippen molar-refractivity contribution in [3.8, 4) is 0 Å². The summed E-state index contributed by atoms with van der Waals surface area (Å²) in [6, 6.07) is 0. The van der Waals surface area contributed by atoms with E-state index in [-0.39, 0.29) is 0 Å². The van der Waals surface area contributed by atoms with Crippen LogP contribution in [-0.4, -0.2) is 4.98 Å². The Labute approximate surface area is 100 Å². The highest BCUT2D eigenvalue weighted by Crippen LogP contribution is 1.85. The van der Waals surface area contributed by atoms with E-state index in [9.17, 15) is 0 Å². The molecule has 0 saturated carbocycles. The Morgan fingerprint density at radius 2 is 1.47 bits per heavy atom. The predicted octanol–water partition coefficient (Wildman–Crippen LogP) is 5.41. The van der Waals surface area contributed by atoms with Crippen LogP contribution in [0.15, 0.2) is 29.2 Å². The maximum atomic E-state index is 3.74. The van der Waals surface area contributed by atoms with Gasteiger partial charge in [0, 0.05) is 11.6 Å². The van der Waals surface area contributed by atoms with Crippen LogP contribution in [0.25, 0.3) is 0 Å². The Hall–Kier alpha value is -0.630. The van der Waals surface area contributed by atoms with Gasteiger partial charge in [0.25, 0.3) is 0 Å². The topological polar surface area (TPSA) is 12.9 Å². The Kier molecular flexibility index (Phi) is 30.9. The summed E-state index contributed by atoms with van der Waals surface area (Å²) >= 11 is 1.60. The van der Waals surface area contributed by atoms with Crippen LogP contribution in [-0.2, 0) is 0 Å². The second-order valence-corrected chi connectivity index (χ2v) is 3.83. The maximum absolute atomic E-state index is 3.74. The smallest absolute Gasteiger partial charge is 0.0791 e. The molecule has 0 aromatic carbocycles. The summed E-state index contributed by atoms with van der Waals surface area (Å²) < 4.78 is 0. The highest BCUT2D eigenvalue weighted by Gasteiger charge is 1.68. The fraction of sp³-hybridized carbons (Fsp3) is 0.615. The molecule has 2 heteroatoms. The van der Waals surface area contributed by atoms with Crippen molar-refractivity contribution in [1.82, 2.24) is 4.98 Å². The number of hydrogen-bond acceptors (Lipinski definition) is 2. The normalized spacial score (nSPS) is 8.00. The first-order valence-electron chi connectivity index (χ1n) is 5.54. The summed E-state index contributed by atoms with van der Waals surface area (Å²) in [6.45, 7) is 14.5. The first-order chi connectivity index (χ1) is 7.15. The monoisotopic (exact) mass is 229 g/mol. The molecule has 0 unspecified atom stereocenters. The SMILES string of the molecule is C/C=C\C.CC.CC(C)C.c1cscn1. The molecule has 1 nitrogen and oxygen atoms in total. The number of hydrogen-bond donors (Lipinski definition) is 0. The van der Waals surface area contributed by atoms with Crippen molar-refractivity contribution in [3.63, 3.8) is 0 Å². The van der Waals surface area contributed by atoms with Crippen LogP contribution in [0.2, 0.25) is 0 Å². The van der Waals surface area contributed by atoms with Crippen molar-refractivity contribution in [2.24, 2.45) is 5.92 Å². The van der Waals surface area contributed by atoms with Crippen LogP contribution in [0.4, 0.5) is 0 Å². The second kappa shape index (κ2) is 23.3. The van der Waals surface area contributed by atoms with Gasteiger partial charge in [0.1, 0.15) is 0 Å². The molecule has 0 bridgehead atoms. The molecule has 0 fully saturated rings. The van der Waals surface area contributed by atoms with Crippen molar-refractivity contribution in [2.75, 3.05) is 0 Å². The van der Waals surface area contributed by atoms with Crippen LogP contribution in [0, 0.1) is 5.92 Å². The summed E-state index contributed by atoms with van der Waals surface area (Å²) in [7, 11) is 0. The standard InChI is InChI=1S/C4H10.C4H8.C3H3NS.C2H6/c1-4(2)3;1-3-4-2;1-2-5-3-4-1;1-2/h4H,1-3H3;3-4H,1-2H3;1-3H;1-2H3/b;4-3-;;. The summed E-state index contributed by atoms with van der Waals surface area (Å²) in [5.41, 5.74) is 1.79. The molecule has 0 amide bonds. The van der Waals surface area contributed by atoms with Gasteiger partial charge in [0.15, 0.2) is 0 Å². The molecule has 0 saturated heterocycles.